The van der Waals surface area contributed by atoms with Gasteiger partial charge >= 0.3 is 0 Å². The van der Waals surface area contributed by atoms with Gasteiger partial charge in [-0.3, -0.25) is 14.6 Å². The van der Waals surface area contributed by atoms with Crippen molar-refractivity contribution in [3.63, 3.8) is 0 Å². The molecule has 2 heterocycles. The third kappa shape index (κ3) is 3.94. The molecule has 0 fully saturated rings. The van der Waals surface area contributed by atoms with Gasteiger partial charge in [0.05, 0.1) is 24.0 Å². The van der Waals surface area contributed by atoms with Crippen LogP contribution < -0.4 is 5.32 Å². The lowest BCUT2D eigenvalue weighted by molar-refractivity contribution is 0.0910. The van der Waals surface area contributed by atoms with Gasteiger partial charge in [0, 0.05) is 18.3 Å². The fourth-order valence-corrected chi connectivity index (χ4v) is 2.96. The van der Waals surface area contributed by atoms with E-state index in [1.54, 1.807) is 22.5 Å². The Labute approximate surface area is 139 Å². The average molecular weight is 337 g/mol. The highest BCUT2D eigenvalue weighted by Gasteiger charge is 2.18. The first-order chi connectivity index (χ1) is 11.0. The van der Waals surface area contributed by atoms with Crippen molar-refractivity contribution in [2.24, 2.45) is 7.05 Å². The van der Waals surface area contributed by atoms with Gasteiger partial charge in [-0.1, -0.05) is 0 Å². The number of aromatic amines is 1. The molecule has 0 aliphatic rings. The van der Waals surface area contributed by atoms with Crippen molar-refractivity contribution in [3.05, 3.63) is 23.1 Å². The van der Waals surface area contributed by atoms with E-state index in [9.17, 15) is 9.90 Å². The minimum absolute atomic E-state index is 0.0753. The first-order valence-corrected chi connectivity index (χ1v) is 8.84. The molecule has 0 bridgehead atoms. The Balaban J connectivity index is 2.13. The molecule has 0 saturated carbocycles. The van der Waals surface area contributed by atoms with Crippen molar-refractivity contribution in [1.82, 2.24) is 25.3 Å². The number of hydrogen-bond donors (Lipinski definition) is 3. The molecular formula is C15H23N5O2S. The lowest BCUT2D eigenvalue weighted by atomic mass is 10.1. The van der Waals surface area contributed by atoms with Crippen LogP contribution in [0, 0.1) is 13.8 Å². The van der Waals surface area contributed by atoms with E-state index in [-0.39, 0.29) is 18.6 Å². The molecule has 0 radical (unpaired) electrons. The van der Waals surface area contributed by atoms with E-state index in [2.05, 4.69) is 20.6 Å². The van der Waals surface area contributed by atoms with Gasteiger partial charge in [-0.15, -0.1) is 0 Å². The van der Waals surface area contributed by atoms with Crippen LogP contribution >= 0.6 is 11.8 Å². The number of carbonyl (C=O) groups excluding carboxylic acids is 1. The molecule has 0 aliphatic heterocycles. The molecule has 3 N–H and O–H groups in total. The van der Waals surface area contributed by atoms with Gasteiger partial charge in [0.25, 0.3) is 5.91 Å². The van der Waals surface area contributed by atoms with Crippen LogP contribution in [0.2, 0.25) is 0 Å². The maximum Gasteiger partial charge on any atom is 0.269 e. The quantitative estimate of drug-likeness (QED) is 0.707. The molecule has 1 atom stereocenters. The van der Waals surface area contributed by atoms with Gasteiger partial charge in [0.2, 0.25) is 0 Å². The summed E-state index contributed by atoms with van der Waals surface area (Å²) in [6, 6.07) is 1.47. The zero-order valence-corrected chi connectivity index (χ0v) is 14.7. The van der Waals surface area contributed by atoms with Crippen LogP contribution in [-0.2, 0) is 7.05 Å². The Bertz CT molecular complexity index is 679. The second-order valence-corrected chi connectivity index (χ2v) is 6.46. The van der Waals surface area contributed by atoms with E-state index in [1.807, 2.05) is 27.2 Å². The zero-order chi connectivity index (χ0) is 17.0. The number of thioether (sulfide) groups is 1. The summed E-state index contributed by atoms with van der Waals surface area (Å²) in [6.45, 7) is 3.81. The molecule has 0 aliphatic carbocycles. The number of carbonyl (C=O) groups is 1. The summed E-state index contributed by atoms with van der Waals surface area (Å²) >= 11 is 1.68. The number of aryl methyl sites for hydroxylation is 2. The van der Waals surface area contributed by atoms with Gasteiger partial charge in [0.1, 0.15) is 5.69 Å². The topological polar surface area (TPSA) is 95.8 Å². The predicted octanol–water partition coefficient (Wildman–Crippen LogP) is 1.27. The van der Waals surface area contributed by atoms with E-state index in [0.717, 1.165) is 29.1 Å². The standard InChI is InChI=1S/C15H23N5O2S/c1-9-14(10(2)20(3)19-9)12-7-13(18-17-12)15(22)16-11(8-21)5-6-23-4/h7,11,21H,5-6,8H2,1-4H3,(H,16,22)(H,17,18). The van der Waals surface area contributed by atoms with E-state index in [0.29, 0.717) is 11.4 Å². The average Bonchev–Trinajstić information content (AvgIpc) is 3.09. The largest absolute Gasteiger partial charge is 0.394 e. The SMILES string of the molecule is CSCCC(CO)NC(=O)c1cc(-c2c(C)nn(C)c2C)n[nH]1. The Morgan fingerprint density at radius 2 is 2.26 bits per heavy atom. The number of aromatic nitrogens is 4. The van der Waals surface area contributed by atoms with Crippen molar-refractivity contribution in [1.29, 1.82) is 0 Å². The molecule has 0 aromatic carbocycles. The van der Waals surface area contributed by atoms with Crippen LogP contribution in [0.1, 0.15) is 28.3 Å². The number of aliphatic hydroxyl groups is 1. The van der Waals surface area contributed by atoms with E-state index in [4.69, 9.17) is 0 Å². The number of hydrogen-bond acceptors (Lipinski definition) is 5. The fraction of sp³-hybridized carbons (Fsp3) is 0.533. The summed E-state index contributed by atoms with van der Waals surface area (Å²) in [4.78, 5) is 12.3. The number of amides is 1. The maximum absolute atomic E-state index is 12.3. The van der Waals surface area contributed by atoms with Crippen LogP contribution in [0.5, 0.6) is 0 Å². The molecule has 23 heavy (non-hydrogen) atoms. The molecule has 126 valence electrons. The fourth-order valence-electron chi connectivity index (χ4n) is 2.44. The van der Waals surface area contributed by atoms with Crippen molar-refractivity contribution in [3.8, 4) is 11.3 Å². The summed E-state index contributed by atoms with van der Waals surface area (Å²) in [7, 11) is 1.88. The summed E-state index contributed by atoms with van der Waals surface area (Å²) in [6.07, 6.45) is 2.72. The van der Waals surface area contributed by atoms with Gasteiger partial charge < -0.3 is 10.4 Å². The summed E-state index contributed by atoms with van der Waals surface area (Å²) < 4.78 is 1.79. The molecular weight excluding hydrogens is 314 g/mol. The number of rotatable bonds is 7. The Morgan fingerprint density at radius 1 is 1.52 bits per heavy atom. The minimum atomic E-state index is -0.261. The Hall–Kier alpha value is -1.80. The van der Waals surface area contributed by atoms with Crippen molar-refractivity contribution in [2.75, 3.05) is 18.6 Å². The monoisotopic (exact) mass is 337 g/mol. The van der Waals surface area contributed by atoms with Gasteiger partial charge in [0.15, 0.2) is 0 Å². The lowest BCUT2D eigenvalue weighted by Gasteiger charge is -2.14. The van der Waals surface area contributed by atoms with Crippen LogP contribution in [0.4, 0.5) is 0 Å². The van der Waals surface area contributed by atoms with E-state index < -0.39 is 0 Å². The van der Waals surface area contributed by atoms with Crippen molar-refractivity contribution in [2.45, 2.75) is 26.3 Å². The molecule has 0 spiro atoms. The van der Waals surface area contributed by atoms with Crippen molar-refractivity contribution < 1.29 is 9.90 Å². The number of H-pyrrole nitrogens is 1. The van der Waals surface area contributed by atoms with Crippen molar-refractivity contribution >= 4 is 17.7 Å². The van der Waals surface area contributed by atoms with Crippen LogP contribution in [-0.4, -0.2) is 55.6 Å². The van der Waals surface area contributed by atoms with E-state index >= 15 is 0 Å². The van der Waals surface area contributed by atoms with Gasteiger partial charge in [-0.25, -0.2) is 0 Å². The third-order valence-corrected chi connectivity index (χ3v) is 4.46. The molecule has 7 nitrogen and oxygen atoms in total. The molecule has 1 amide bonds. The third-order valence-electron chi connectivity index (χ3n) is 3.81. The van der Waals surface area contributed by atoms with E-state index in [1.165, 1.54) is 0 Å². The second kappa shape index (κ2) is 7.65. The number of nitrogens with zero attached hydrogens (tertiary/aromatic N) is 3. The predicted molar refractivity (Wildman–Crippen MR) is 91.6 cm³/mol. The molecule has 1 unspecified atom stereocenters. The second-order valence-electron chi connectivity index (χ2n) is 5.47. The molecule has 2 aromatic rings. The smallest absolute Gasteiger partial charge is 0.269 e. The van der Waals surface area contributed by atoms with Gasteiger partial charge in [-0.2, -0.15) is 22.0 Å². The first-order valence-electron chi connectivity index (χ1n) is 7.44. The highest BCUT2D eigenvalue weighted by atomic mass is 32.2. The van der Waals surface area contributed by atoms with Crippen LogP contribution in [0.15, 0.2) is 6.07 Å². The normalized spacial score (nSPS) is 12.4. The summed E-state index contributed by atoms with van der Waals surface area (Å²) in [5.74, 6) is 0.622. The number of aliphatic hydroxyl groups excluding tert-OH is 1. The highest BCUT2D eigenvalue weighted by molar-refractivity contribution is 7.98. The van der Waals surface area contributed by atoms with Crippen LogP contribution in [0.25, 0.3) is 11.3 Å². The molecule has 0 saturated heterocycles. The highest BCUT2D eigenvalue weighted by Crippen LogP contribution is 2.25. The number of nitrogens with one attached hydrogen (secondary N) is 2. The minimum Gasteiger partial charge on any atom is -0.394 e. The zero-order valence-electron chi connectivity index (χ0n) is 13.9. The van der Waals surface area contributed by atoms with Gasteiger partial charge in [-0.05, 0) is 38.3 Å². The molecule has 8 heteroatoms. The Kier molecular flexibility index (Phi) is 5.84. The first kappa shape index (κ1) is 17.6. The molecule has 2 rings (SSSR count). The summed E-state index contributed by atoms with van der Waals surface area (Å²) in [5.41, 5.74) is 3.88. The maximum atomic E-state index is 12.3. The Morgan fingerprint density at radius 3 is 2.83 bits per heavy atom. The lowest BCUT2D eigenvalue weighted by Crippen LogP contribution is -2.38. The summed E-state index contributed by atoms with van der Waals surface area (Å²) in [5, 5.41) is 23.5. The van der Waals surface area contributed by atoms with Crippen LogP contribution in [0.3, 0.4) is 0 Å². The molecule has 2 aromatic heterocycles.